The quantitative estimate of drug-likeness (QED) is 0.479. The molecule has 8 heteroatoms. The van der Waals surface area contributed by atoms with Crippen LogP contribution in [0.4, 0.5) is 4.39 Å². The molecule has 0 saturated heterocycles. The smallest absolute Gasteiger partial charge is 0.345 e. The number of esters is 1. The van der Waals surface area contributed by atoms with E-state index in [9.17, 15) is 18.8 Å². The molecule has 0 fully saturated rings. The van der Waals surface area contributed by atoms with E-state index in [-0.39, 0.29) is 11.1 Å². The lowest BCUT2D eigenvalue weighted by Gasteiger charge is -2.06. The fourth-order valence-corrected chi connectivity index (χ4v) is 3.03. The molecule has 0 atom stereocenters. The summed E-state index contributed by atoms with van der Waals surface area (Å²) in [6.45, 7) is -0.0899. The zero-order chi connectivity index (χ0) is 16.4. The summed E-state index contributed by atoms with van der Waals surface area (Å²) in [6, 6.07) is 5.07. The number of halogens is 1. The van der Waals surface area contributed by atoms with Gasteiger partial charge in [-0.3, -0.25) is 14.2 Å². The molecule has 0 saturated carbocycles. The number of benzene rings is 1. The van der Waals surface area contributed by atoms with E-state index in [2.05, 4.69) is 4.98 Å². The SMILES string of the molecule is O=C(COC(=O)c1cnc2n(c1=O)CCS2)c1cccc(F)c1. The average molecular weight is 334 g/mol. The van der Waals surface area contributed by atoms with Crippen LogP contribution in [0.25, 0.3) is 0 Å². The third kappa shape index (κ3) is 3.16. The summed E-state index contributed by atoms with van der Waals surface area (Å²) in [5.74, 6) is -1.30. The van der Waals surface area contributed by atoms with Crippen LogP contribution in [0.2, 0.25) is 0 Å². The Labute approximate surface area is 134 Å². The third-order valence-electron chi connectivity index (χ3n) is 3.26. The van der Waals surface area contributed by atoms with Crippen molar-refractivity contribution in [3.63, 3.8) is 0 Å². The second-order valence-electron chi connectivity index (χ2n) is 4.77. The van der Waals surface area contributed by atoms with Gasteiger partial charge in [-0.1, -0.05) is 23.9 Å². The number of Topliss-reactive ketones (excluding diaryl/α,β-unsaturated/α-hetero) is 1. The largest absolute Gasteiger partial charge is 0.454 e. The van der Waals surface area contributed by atoms with Crippen molar-refractivity contribution in [1.29, 1.82) is 0 Å². The first-order valence-corrected chi connectivity index (χ1v) is 7.73. The Morgan fingerprint density at radius 1 is 1.39 bits per heavy atom. The van der Waals surface area contributed by atoms with E-state index in [4.69, 9.17) is 4.74 Å². The molecule has 0 amide bonds. The number of fused-ring (bicyclic) bond motifs is 1. The Morgan fingerprint density at radius 2 is 2.22 bits per heavy atom. The van der Waals surface area contributed by atoms with Crippen molar-refractivity contribution in [3.8, 4) is 0 Å². The van der Waals surface area contributed by atoms with E-state index in [0.717, 1.165) is 18.0 Å². The fraction of sp³-hybridized carbons (Fsp3) is 0.200. The van der Waals surface area contributed by atoms with E-state index < -0.39 is 29.7 Å². The van der Waals surface area contributed by atoms with Gasteiger partial charge in [0.1, 0.15) is 11.4 Å². The predicted octanol–water partition coefficient (Wildman–Crippen LogP) is 1.53. The van der Waals surface area contributed by atoms with Gasteiger partial charge in [0.25, 0.3) is 5.56 Å². The number of thioether (sulfide) groups is 1. The topological polar surface area (TPSA) is 78.3 Å². The van der Waals surface area contributed by atoms with Gasteiger partial charge < -0.3 is 4.74 Å². The van der Waals surface area contributed by atoms with Gasteiger partial charge in [-0.2, -0.15) is 0 Å². The van der Waals surface area contributed by atoms with Gasteiger partial charge in [-0.15, -0.1) is 0 Å². The van der Waals surface area contributed by atoms with Gasteiger partial charge >= 0.3 is 5.97 Å². The summed E-state index contributed by atoms with van der Waals surface area (Å²) in [6.07, 6.45) is 1.15. The first-order valence-electron chi connectivity index (χ1n) is 6.75. The highest BCUT2D eigenvalue weighted by molar-refractivity contribution is 7.99. The molecule has 1 aromatic carbocycles. The molecule has 6 nitrogen and oxygen atoms in total. The fourth-order valence-electron chi connectivity index (χ4n) is 2.11. The summed E-state index contributed by atoms with van der Waals surface area (Å²) in [5.41, 5.74) is -0.607. The van der Waals surface area contributed by atoms with Crippen LogP contribution >= 0.6 is 11.8 Å². The minimum Gasteiger partial charge on any atom is -0.454 e. The lowest BCUT2D eigenvalue weighted by Crippen LogP contribution is -2.28. The van der Waals surface area contributed by atoms with Crippen LogP contribution in [0.5, 0.6) is 0 Å². The molecule has 23 heavy (non-hydrogen) atoms. The molecule has 3 rings (SSSR count). The molecule has 0 N–H and O–H groups in total. The monoisotopic (exact) mass is 334 g/mol. The lowest BCUT2D eigenvalue weighted by molar-refractivity contribution is 0.0471. The molecule has 0 aliphatic carbocycles. The summed E-state index contributed by atoms with van der Waals surface area (Å²) in [4.78, 5) is 40.0. The molecule has 118 valence electrons. The Morgan fingerprint density at radius 3 is 3.00 bits per heavy atom. The number of ketones is 1. The number of carbonyl (C=O) groups excluding carboxylic acids is 2. The zero-order valence-electron chi connectivity index (χ0n) is 11.8. The highest BCUT2D eigenvalue weighted by Crippen LogP contribution is 2.20. The summed E-state index contributed by atoms with van der Waals surface area (Å²) in [7, 11) is 0. The summed E-state index contributed by atoms with van der Waals surface area (Å²) in [5, 5.41) is 0.558. The number of ether oxygens (including phenoxy) is 1. The minimum absolute atomic E-state index is 0.0954. The molecular weight excluding hydrogens is 323 g/mol. The minimum atomic E-state index is -0.917. The molecular formula is C15H11FN2O4S. The molecule has 0 spiro atoms. The van der Waals surface area contributed by atoms with Crippen LogP contribution < -0.4 is 5.56 Å². The van der Waals surface area contributed by atoms with E-state index in [1.165, 1.54) is 34.5 Å². The number of carbonyl (C=O) groups is 2. The molecule has 1 aliphatic heterocycles. The first kappa shape index (κ1) is 15.4. The normalized spacial score (nSPS) is 12.7. The second kappa shape index (κ2) is 6.33. The van der Waals surface area contributed by atoms with E-state index in [1.54, 1.807) is 0 Å². The number of rotatable bonds is 4. The maximum atomic E-state index is 13.1. The Kier molecular flexibility index (Phi) is 4.24. The van der Waals surface area contributed by atoms with Gasteiger partial charge in [0.05, 0.1) is 6.20 Å². The third-order valence-corrected chi connectivity index (χ3v) is 4.23. The first-order chi connectivity index (χ1) is 11.1. The Hall–Kier alpha value is -2.48. The summed E-state index contributed by atoms with van der Waals surface area (Å²) < 4.78 is 19.3. The highest BCUT2D eigenvalue weighted by Gasteiger charge is 2.21. The van der Waals surface area contributed by atoms with Gasteiger partial charge in [0, 0.05) is 17.9 Å². The number of hydrogen-bond donors (Lipinski definition) is 0. The van der Waals surface area contributed by atoms with Crippen LogP contribution in [-0.2, 0) is 11.3 Å². The van der Waals surface area contributed by atoms with Crippen molar-refractivity contribution >= 4 is 23.5 Å². The van der Waals surface area contributed by atoms with Crippen LogP contribution in [0.3, 0.4) is 0 Å². The van der Waals surface area contributed by atoms with Gasteiger partial charge in [-0.05, 0) is 12.1 Å². The standard InChI is InChI=1S/C15H11FN2O4S/c16-10-3-1-2-9(6-10)12(19)8-22-14(21)11-7-17-15-18(13(11)20)4-5-23-15/h1-3,6-7H,4-5,8H2. The lowest BCUT2D eigenvalue weighted by atomic mass is 10.1. The van der Waals surface area contributed by atoms with Crippen LogP contribution in [-0.4, -0.2) is 33.7 Å². The van der Waals surface area contributed by atoms with Crippen LogP contribution in [0.1, 0.15) is 20.7 Å². The van der Waals surface area contributed by atoms with Crippen molar-refractivity contribution in [3.05, 3.63) is 57.8 Å². The highest BCUT2D eigenvalue weighted by atomic mass is 32.2. The van der Waals surface area contributed by atoms with E-state index >= 15 is 0 Å². The van der Waals surface area contributed by atoms with Crippen molar-refractivity contribution in [2.24, 2.45) is 0 Å². The van der Waals surface area contributed by atoms with Gasteiger partial charge in [-0.25, -0.2) is 14.2 Å². The molecule has 1 aliphatic rings. The van der Waals surface area contributed by atoms with E-state index in [1.807, 2.05) is 0 Å². The Bertz CT molecular complexity index is 850. The van der Waals surface area contributed by atoms with Crippen molar-refractivity contribution in [2.45, 2.75) is 11.7 Å². The molecule has 0 unspecified atom stereocenters. The maximum Gasteiger partial charge on any atom is 0.345 e. The van der Waals surface area contributed by atoms with Gasteiger partial charge in [0.2, 0.25) is 0 Å². The number of hydrogen-bond acceptors (Lipinski definition) is 6. The molecule has 1 aromatic heterocycles. The van der Waals surface area contributed by atoms with Gasteiger partial charge in [0.15, 0.2) is 17.5 Å². The molecule has 2 heterocycles. The maximum absolute atomic E-state index is 13.1. The molecule has 0 radical (unpaired) electrons. The van der Waals surface area contributed by atoms with Crippen molar-refractivity contribution in [2.75, 3.05) is 12.4 Å². The van der Waals surface area contributed by atoms with E-state index in [0.29, 0.717) is 11.7 Å². The van der Waals surface area contributed by atoms with Crippen molar-refractivity contribution in [1.82, 2.24) is 9.55 Å². The Balaban J connectivity index is 1.71. The molecule has 2 aromatic rings. The van der Waals surface area contributed by atoms with Crippen molar-refractivity contribution < 1.29 is 18.7 Å². The number of nitrogens with zero attached hydrogens (tertiary/aromatic N) is 2. The molecule has 0 bridgehead atoms. The van der Waals surface area contributed by atoms with Crippen LogP contribution in [0.15, 0.2) is 40.4 Å². The second-order valence-corrected chi connectivity index (χ2v) is 5.83. The van der Waals surface area contributed by atoms with Crippen LogP contribution in [0, 0.1) is 5.82 Å². The number of aromatic nitrogens is 2. The summed E-state index contributed by atoms with van der Waals surface area (Å²) >= 11 is 1.43. The average Bonchev–Trinajstić information content (AvgIpc) is 3.02. The predicted molar refractivity (Wildman–Crippen MR) is 80.2 cm³/mol. The zero-order valence-corrected chi connectivity index (χ0v) is 12.6.